The predicted octanol–water partition coefficient (Wildman–Crippen LogP) is 2.44. The van der Waals surface area contributed by atoms with E-state index in [1.165, 1.54) is 12.8 Å². The van der Waals surface area contributed by atoms with Crippen LogP contribution in [0.25, 0.3) is 0 Å². The molecule has 0 aliphatic carbocycles. The lowest BCUT2D eigenvalue weighted by atomic mass is 9.97. The molecule has 1 saturated heterocycles. The van der Waals surface area contributed by atoms with Crippen molar-refractivity contribution in [1.82, 2.24) is 10.2 Å². The van der Waals surface area contributed by atoms with E-state index < -0.39 is 0 Å². The topological polar surface area (TPSA) is 35.6 Å². The molecule has 4 nitrogen and oxygen atoms in total. The second-order valence-corrected chi connectivity index (χ2v) is 5.47. The number of hydrogen-bond acceptors (Lipinski definition) is 2. The van der Waals surface area contributed by atoms with Gasteiger partial charge in [0.2, 0.25) is 0 Å². The van der Waals surface area contributed by atoms with Gasteiger partial charge in [0.05, 0.1) is 5.69 Å². The second kappa shape index (κ2) is 6.09. The number of nitrogens with zero attached hydrogens (tertiary/aromatic N) is 2. The van der Waals surface area contributed by atoms with E-state index in [4.69, 9.17) is 0 Å². The lowest BCUT2D eigenvalue weighted by Crippen LogP contribution is -2.47. The minimum Gasteiger partial charge on any atom is -0.320 e. The molecule has 20 heavy (non-hydrogen) atoms. The van der Waals surface area contributed by atoms with Crippen molar-refractivity contribution < 1.29 is 4.79 Å². The van der Waals surface area contributed by atoms with Gasteiger partial charge in [0.25, 0.3) is 0 Å². The van der Waals surface area contributed by atoms with Crippen LogP contribution in [0.4, 0.5) is 10.5 Å². The van der Waals surface area contributed by atoms with Crippen LogP contribution < -0.4 is 10.2 Å². The lowest BCUT2D eigenvalue weighted by Gasteiger charge is -2.35. The van der Waals surface area contributed by atoms with E-state index in [1.807, 2.05) is 41.4 Å². The minimum atomic E-state index is 0.0947. The van der Waals surface area contributed by atoms with E-state index in [0.29, 0.717) is 5.92 Å². The molecule has 2 aliphatic heterocycles. The van der Waals surface area contributed by atoms with Crippen LogP contribution in [0.5, 0.6) is 0 Å². The monoisotopic (exact) mass is 271 g/mol. The van der Waals surface area contributed by atoms with E-state index in [-0.39, 0.29) is 6.03 Å². The summed E-state index contributed by atoms with van der Waals surface area (Å²) in [7, 11) is 0. The molecular formula is C16H21N3O. The predicted molar refractivity (Wildman–Crippen MR) is 80.6 cm³/mol. The fourth-order valence-corrected chi connectivity index (χ4v) is 2.89. The zero-order valence-corrected chi connectivity index (χ0v) is 11.7. The number of para-hydroxylation sites is 1. The maximum absolute atomic E-state index is 12.6. The molecule has 0 unspecified atom stereocenters. The summed E-state index contributed by atoms with van der Waals surface area (Å²) in [6.07, 6.45) is 6.28. The molecule has 0 atom stereocenters. The molecular weight excluding hydrogens is 250 g/mol. The van der Waals surface area contributed by atoms with Crippen LogP contribution in [-0.2, 0) is 0 Å². The number of hydrogen-bond donors (Lipinski definition) is 1. The zero-order valence-electron chi connectivity index (χ0n) is 11.7. The second-order valence-electron chi connectivity index (χ2n) is 5.47. The lowest BCUT2D eigenvalue weighted by molar-refractivity contribution is 0.192. The van der Waals surface area contributed by atoms with Crippen LogP contribution in [0.1, 0.15) is 12.8 Å². The van der Waals surface area contributed by atoms with Crippen LogP contribution in [0, 0.1) is 5.92 Å². The van der Waals surface area contributed by atoms with Crippen molar-refractivity contribution >= 4 is 11.7 Å². The number of urea groups is 1. The molecule has 0 bridgehead atoms. The summed E-state index contributed by atoms with van der Waals surface area (Å²) in [5.74, 6) is 0.629. The minimum absolute atomic E-state index is 0.0947. The SMILES string of the molecule is O=C1N(CC2CCNCC2)CC=CN1c1ccccc1. The van der Waals surface area contributed by atoms with E-state index in [2.05, 4.69) is 11.4 Å². The third-order valence-corrected chi connectivity index (χ3v) is 4.03. The van der Waals surface area contributed by atoms with Gasteiger partial charge in [-0.05, 0) is 50.1 Å². The number of rotatable bonds is 3. The van der Waals surface area contributed by atoms with E-state index in [0.717, 1.165) is 31.9 Å². The van der Waals surface area contributed by atoms with Crippen molar-refractivity contribution in [2.24, 2.45) is 5.92 Å². The first kappa shape index (κ1) is 13.2. The number of nitrogens with one attached hydrogen (secondary N) is 1. The quantitative estimate of drug-likeness (QED) is 0.916. The first-order valence-corrected chi connectivity index (χ1v) is 7.35. The average molecular weight is 271 g/mol. The van der Waals surface area contributed by atoms with Crippen molar-refractivity contribution in [2.75, 3.05) is 31.1 Å². The summed E-state index contributed by atoms with van der Waals surface area (Å²) in [5, 5.41) is 3.37. The Morgan fingerprint density at radius 1 is 1.15 bits per heavy atom. The first-order chi connectivity index (χ1) is 9.84. The van der Waals surface area contributed by atoms with Gasteiger partial charge in [-0.3, -0.25) is 4.90 Å². The Labute approximate surface area is 120 Å². The third-order valence-electron chi connectivity index (χ3n) is 4.03. The number of anilines is 1. The number of amides is 2. The standard InChI is InChI=1S/C16H21N3O/c20-16-18(13-14-7-9-17-10-8-14)11-4-12-19(16)15-5-2-1-3-6-15/h1-6,12,14,17H,7-11,13H2. The van der Waals surface area contributed by atoms with E-state index in [1.54, 1.807) is 4.90 Å². The highest BCUT2D eigenvalue weighted by molar-refractivity contribution is 5.94. The molecule has 1 N–H and O–H groups in total. The number of carbonyl (C=O) groups excluding carboxylic acids is 1. The van der Waals surface area contributed by atoms with Crippen molar-refractivity contribution in [3.05, 3.63) is 42.6 Å². The van der Waals surface area contributed by atoms with Crippen LogP contribution in [0.3, 0.4) is 0 Å². The van der Waals surface area contributed by atoms with Crippen LogP contribution in [0.2, 0.25) is 0 Å². The highest BCUT2D eigenvalue weighted by Crippen LogP contribution is 2.21. The summed E-state index contributed by atoms with van der Waals surface area (Å²) in [6.45, 7) is 3.75. The maximum Gasteiger partial charge on any atom is 0.328 e. The molecule has 1 aromatic carbocycles. The maximum atomic E-state index is 12.6. The Kier molecular flexibility index (Phi) is 4.02. The molecule has 3 rings (SSSR count). The average Bonchev–Trinajstić information content (AvgIpc) is 2.51. The van der Waals surface area contributed by atoms with Crippen molar-refractivity contribution in [3.63, 3.8) is 0 Å². The molecule has 106 valence electrons. The molecule has 0 radical (unpaired) electrons. The largest absolute Gasteiger partial charge is 0.328 e. The fraction of sp³-hybridized carbons (Fsp3) is 0.438. The van der Waals surface area contributed by atoms with Gasteiger partial charge < -0.3 is 10.2 Å². The molecule has 1 fully saturated rings. The molecule has 2 aliphatic rings. The summed E-state index contributed by atoms with van der Waals surface area (Å²) < 4.78 is 0. The Hall–Kier alpha value is -1.81. The molecule has 2 heterocycles. The summed E-state index contributed by atoms with van der Waals surface area (Å²) in [4.78, 5) is 16.3. The van der Waals surface area contributed by atoms with Gasteiger partial charge in [-0.15, -0.1) is 0 Å². The number of carbonyl (C=O) groups is 1. The highest BCUT2D eigenvalue weighted by Gasteiger charge is 2.26. The Morgan fingerprint density at radius 2 is 1.90 bits per heavy atom. The van der Waals surface area contributed by atoms with Gasteiger partial charge in [-0.1, -0.05) is 18.2 Å². The van der Waals surface area contributed by atoms with Gasteiger partial charge in [0.15, 0.2) is 0 Å². The van der Waals surface area contributed by atoms with Gasteiger partial charge in [0.1, 0.15) is 0 Å². The Morgan fingerprint density at radius 3 is 2.65 bits per heavy atom. The van der Waals surface area contributed by atoms with Gasteiger partial charge in [-0.25, -0.2) is 4.79 Å². The van der Waals surface area contributed by atoms with Crippen LogP contribution in [-0.4, -0.2) is 37.1 Å². The molecule has 0 spiro atoms. The zero-order chi connectivity index (χ0) is 13.8. The van der Waals surface area contributed by atoms with Crippen molar-refractivity contribution in [2.45, 2.75) is 12.8 Å². The fourth-order valence-electron chi connectivity index (χ4n) is 2.89. The summed E-state index contributed by atoms with van der Waals surface area (Å²) in [5.41, 5.74) is 0.934. The smallest absolute Gasteiger partial charge is 0.320 e. The highest BCUT2D eigenvalue weighted by atomic mass is 16.2. The summed E-state index contributed by atoms with van der Waals surface area (Å²) >= 11 is 0. The van der Waals surface area contributed by atoms with Crippen LogP contribution >= 0.6 is 0 Å². The Bertz CT molecular complexity index is 480. The van der Waals surface area contributed by atoms with E-state index >= 15 is 0 Å². The number of piperidine rings is 1. The van der Waals surface area contributed by atoms with E-state index in [9.17, 15) is 4.79 Å². The third kappa shape index (κ3) is 2.85. The Balaban J connectivity index is 1.68. The molecule has 0 saturated carbocycles. The van der Waals surface area contributed by atoms with Crippen molar-refractivity contribution in [1.29, 1.82) is 0 Å². The normalized spacial score (nSPS) is 20.5. The molecule has 0 aromatic heterocycles. The first-order valence-electron chi connectivity index (χ1n) is 7.35. The number of benzene rings is 1. The van der Waals surface area contributed by atoms with Crippen molar-refractivity contribution in [3.8, 4) is 0 Å². The van der Waals surface area contributed by atoms with Crippen LogP contribution in [0.15, 0.2) is 42.6 Å². The summed E-state index contributed by atoms with van der Waals surface area (Å²) in [6, 6.07) is 9.92. The van der Waals surface area contributed by atoms with Gasteiger partial charge >= 0.3 is 6.03 Å². The van der Waals surface area contributed by atoms with Gasteiger partial charge in [0, 0.05) is 19.3 Å². The molecule has 2 amide bonds. The molecule has 4 heteroatoms. The molecule has 1 aromatic rings. The van der Waals surface area contributed by atoms with Gasteiger partial charge in [-0.2, -0.15) is 0 Å².